The Balaban J connectivity index is 1.04. The molecule has 0 bridgehead atoms. The average molecular weight is 715 g/mol. The average Bonchev–Trinajstić information content (AvgIpc) is 3.57. The third-order valence-electron chi connectivity index (χ3n) is 11.4. The summed E-state index contributed by atoms with van der Waals surface area (Å²) in [5, 5.41) is 0. The molecule has 0 unspecified atom stereocenters. The van der Waals surface area contributed by atoms with Gasteiger partial charge in [-0.15, -0.1) is 0 Å². The maximum atomic E-state index is 6.95. The van der Waals surface area contributed by atoms with E-state index in [4.69, 9.17) is 14.7 Å². The zero-order chi connectivity index (χ0) is 37.1. The van der Waals surface area contributed by atoms with E-state index in [1.165, 1.54) is 33.4 Å². The molecular weight excluding hydrogens is 681 g/mol. The maximum Gasteiger partial charge on any atom is 0.160 e. The fourth-order valence-electron chi connectivity index (χ4n) is 8.87. The molecule has 1 aliphatic carbocycles. The molecule has 1 aromatic heterocycles. The van der Waals surface area contributed by atoms with Crippen LogP contribution in [-0.4, -0.2) is 9.97 Å². The summed E-state index contributed by atoms with van der Waals surface area (Å²) in [5.74, 6) is 2.47. The first-order valence-electron chi connectivity index (χ1n) is 19.1. The topological polar surface area (TPSA) is 35.0 Å². The molecule has 0 atom stereocenters. The van der Waals surface area contributed by atoms with Crippen LogP contribution in [0, 0.1) is 0 Å². The van der Waals surface area contributed by atoms with Crippen LogP contribution >= 0.6 is 0 Å². The predicted molar refractivity (Wildman–Crippen MR) is 227 cm³/mol. The van der Waals surface area contributed by atoms with Crippen LogP contribution in [0.25, 0.3) is 67.3 Å². The summed E-state index contributed by atoms with van der Waals surface area (Å²) in [4.78, 5) is 10.2. The van der Waals surface area contributed by atoms with Gasteiger partial charge in [0, 0.05) is 33.4 Å². The first-order chi connectivity index (χ1) is 27.8. The highest BCUT2D eigenvalue weighted by Gasteiger charge is 2.51. The largest absolute Gasteiger partial charge is 0.456 e. The Bertz CT molecular complexity index is 2890. The Morgan fingerprint density at radius 3 is 1.54 bits per heavy atom. The lowest BCUT2D eigenvalue weighted by Gasteiger charge is -2.40. The first kappa shape index (κ1) is 32.1. The molecular formula is C53H34N2O. The molecule has 0 radical (unpaired) electrons. The van der Waals surface area contributed by atoms with E-state index in [1.807, 2.05) is 24.3 Å². The third-order valence-corrected chi connectivity index (χ3v) is 11.4. The van der Waals surface area contributed by atoms with E-state index >= 15 is 0 Å². The van der Waals surface area contributed by atoms with Crippen LogP contribution in [0.4, 0.5) is 0 Å². The van der Waals surface area contributed by atoms with Gasteiger partial charge in [-0.2, -0.15) is 0 Å². The molecule has 2 heterocycles. The Morgan fingerprint density at radius 1 is 0.321 bits per heavy atom. The third kappa shape index (κ3) is 4.98. The van der Waals surface area contributed by atoms with E-state index in [0.29, 0.717) is 5.82 Å². The van der Waals surface area contributed by atoms with Gasteiger partial charge in [-0.1, -0.05) is 188 Å². The number of hydrogen-bond donors (Lipinski definition) is 0. The van der Waals surface area contributed by atoms with Gasteiger partial charge in [0.2, 0.25) is 0 Å². The molecule has 56 heavy (non-hydrogen) atoms. The van der Waals surface area contributed by atoms with Crippen LogP contribution in [0.5, 0.6) is 11.5 Å². The van der Waals surface area contributed by atoms with Crippen molar-refractivity contribution in [1.29, 1.82) is 0 Å². The standard InChI is InChI=1S/C53H34N2O/c1-3-15-35(16-4-1)39-19-13-20-40(33-39)49-34-48(54-52(55-49)38-17-5-2-6-18-38)37-31-29-36(30-32-37)41-23-14-27-47-51(41)56-50-28-12-11-26-46(50)53(47)44-24-9-7-21-42(44)43-22-8-10-25-45(43)53/h1-34H. The maximum absolute atomic E-state index is 6.95. The van der Waals surface area contributed by atoms with Crippen molar-refractivity contribution in [3.05, 3.63) is 229 Å². The van der Waals surface area contributed by atoms with Gasteiger partial charge in [0.05, 0.1) is 16.8 Å². The molecule has 0 saturated carbocycles. The molecule has 3 heteroatoms. The van der Waals surface area contributed by atoms with E-state index in [1.54, 1.807) is 0 Å². The number of aromatic nitrogens is 2. The molecule has 11 rings (SSSR count). The second kappa shape index (κ2) is 12.9. The minimum Gasteiger partial charge on any atom is -0.456 e. The van der Waals surface area contributed by atoms with Gasteiger partial charge < -0.3 is 4.74 Å². The van der Waals surface area contributed by atoms with Crippen molar-refractivity contribution in [2.75, 3.05) is 0 Å². The highest BCUT2D eigenvalue weighted by atomic mass is 16.5. The summed E-state index contributed by atoms with van der Waals surface area (Å²) >= 11 is 0. The van der Waals surface area contributed by atoms with E-state index in [-0.39, 0.29) is 0 Å². The summed E-state index contributed by atoms with van der Waals surface area (Å²) < 4.78 is 6.95. The summed E-state index contributed by atoms with van der Waals surface area (Å²) in [6, 6.07) is 72.9. The minimum absolute atomic E-state index is 0.504. The van der Waals surface area contributed by atoms with Crippen LogP contribution in [0.15, 0.2) is 206 Å². The van der Waals surface area contributed by atoms with Crippen molar-refractivity contribution < 1.29 is 4.74 Å². The van der Waals surface area contributed by atoms with Crippen molar-refractivity contribution in [2.45, 2.75) is 5.41 Å². The lowest BCUT2D eigenvalue weighted by Crippen LogP contribution is -2.32. The summed E-state index contributed by atoms with van der Waals surface area (Å²) in [6.45, 7) is 0. The van der Waals surface area contributed by atoms with Crippen molar-refractivity contribution in [3.8, 4) is 78.8 Å². The second-order valence-corrected chi connectivity index (χ2v) is 14.5. The quantitative estimate of drug-likeness (QED) is 0.178. The van der Waals surface area contributed by atoms with Crippen molar-refractivity contribution in [2.24, 2.45) is 0 Å². The molecule has 3 nitrogen and oxygen atoms in total. The predicted octanol–water partition coefficient (Wildman–Crippen LogP) is 13.3. The minimum atomic E-state index is -0.504. The first-order valence-corrected chi connectivity index (χ1v) is 19.1. The number of benzene rings is 8. The van der Waals surface area contributed by atoms with Crippen LogP contribution in [0.1, 0.15) is 22.3 Å². The Hall–Kier alpha value is -7.36. The zero-order valence-electron chi connectivity index (χ0n) is 30.4. The fourth-order valence-corrected chi connectivity index (χ4v) is 8.87. The molecule has 1 aliphatic heterocycles. The molecule has 0 saturated heterocycles. The van der Waals surface area contributed by atoms with Crippen molar-refractivity contribution in [1.82, 2.24) is 9.97 Å². The smallest absolute Gasteiger partial charge is 0.160 e. The summed E-state index contributed by atoms with van der Waals surface area (Å²) in [5.41, 5.74) is 16.2. The lowest BCUT2D eigenvalue weighted by molar-refractivity contribution is 0.438. The highest BCUT2D eigenvalue weighted by molar-refractivity contribution is 5.90. The number of hydrogen-bond acceptors (Lipinski definition) is 3. The van der Waals surface area contributed by atoms with Crippen LogP contribution in [0.3, 0.4) is 0 Å². The number of fused-ring (bicyclic) bond motifs is 9. The van der Waals surface area contributed by atoms with Crippen LogP contribution in [0.2, 0.25) is 0 Å². The van der Waals surface area contributed by atoms with Gasteiger partial charge in [0.25, 0.3) is 0 Å². The lowest BCUT2D eigenvalue weighted by atomic mass is 9.65. The highest BCUT2D eigenvalue weighted by Crippen LogP contribution is 2.63. The molecule has 9 aromatic rings. The Kier molecular flexibility index (Phi) is 7.39. The number of nitrogens with zero attached hydrogens (tertiary/aromatic N) is 2. The van der Waals surface area contributed by atoms with Gasteiger partial charge in [0.15, 0.2) is 5.82 Å². The van der Waals surface area contributed by atoms with E-state index in [0.717, 1.165) is 61.8 Å². The van der Waals surface area contributed by atoms with Gasteiger partial charge in [-0.25, -0.2) is 9.97 Å². The molecule has 0 fully saturated rings. The van der Waals surface area contributed by atoms with Crippen LogP contribution in [-0.2, 0) is 5.41 Å². The molecule has 262 valence electrons. The molecule has 2 aliphatic rings. The van der Waals surface area contributed by atoms with Crippen LogP contribution < -0.4 is 4.74 Å². The van der Waals surface area contributed by atoms with Gasteiger partial charge in [-0.3, -0.25) is 0 Å². The fraction of sp³-hybridized carbons (Fsp3) is 0.0189. The van der Waals surface area contributed by atoms with Gasteiger partial charge in [0.1, 0.15) is 11.5 Å². The second-order valence-electron chi connectivity index (χ2n) is 14.5. The Morgan fingerprint density at radius 2 is 0.821 bits per heavy atom. The molecule has 0 N–H and O–H groups in total. The molecule has 1 spiro atoms. The SMILES string of the molecule is c1ccc(-c2cccc(-c3cc(-c4ccc(-c5cccc6c5Oc5ccccc5C65c6ccccc6-c6ccccc65)cc4)nc(-c4ccccc4)n3)c2)cc1. The van der Waals surface area contributed by atoms with Gasteiger partial charge in [-0.05, 0) is 57.1 Å². The number of para-hydroxylation sites is 2. The van der Waals surface area contributed by atoms with Crippen molar-refractivity contribution >= 4 is 0 Å². The zero-order valence-corrected chi connectivity index (χ0v) is 30.4. The van der Waals surface area contributed by atoms with Gasteiger partial charge >= 0.3 is 0 Å². The van der Waals surface area contributed by atoms with E-state index in [9.17, 15) is 0 Å². The number of ether oxygens (including phenoxy) is 1. The van der Waals surface area contributed by atoms with Crippen molar-refractivity contribution in [3.63, 3.8) is 0 Å². The number of rotatable bonds is 5. The summed E-state index contributed by atoms with van der Waals surface area (Å²) in [6.07, 6.45) is 0. The monoisotopic (exact) mass is 714 g/mol. The summed E-state index contributed by atoms with van der Waals surface area (Å²) in [7, 11) is 0. The molecule has 8 aromatic carbocycles. The van der Waals surface area contributed by atoms with E-state index < -0.39 is 5.41 Å². The molecule has 0 amide bonds. The Labute approximate surface area is 326 Å². The normalized spacial score (nSPS) is 12.9. The van der Waals surface area contributed by atoms with E-state index in [2.05, 4.69) is 182 Å².